The first-order valence-corrected chi connectivity index (χ1v) is 12.8. The van der Waals surface area contributed by atoms with E-state index in [1.807, 2.05) is 34.6 Å². The average Bonchev–Trinajstić information content (AvgIpc) is 3.36. The molecule has 3 rings (SSSR count). The highest BCUT2D eigenvalue weighted by molar-refractivity contribution is 5.98. The summed E-state index contributed by atoms with van der Waals surface area (Å²) in [5.74, 6) is -2.46. The Balaban J connectivity index is 2.10. The zero-order valence-electron chi connectivity index (χ0n) is 21.9. The predicted octanol–water partition coefficient (Wildman–Crippen LogP) is 2.70. The quantitative estimate of drug-likeness (QED) is 0.257. The normalized spacial score (nSPS) is 32.2. The van der Waals surface area contributed by atoms with Crippen LogP contribution in [0.4, 0.5) is 0 Å². The van der Waals surface area contributed by atoms with Crippen LogP contribution in [0.5, 0.6) is 0 Å². The topological polar surface area (TPSA) is 96.4 Å². The van der Waals surface area contributed by atoms with Crippen molar-refractivity contribution in [3.8, 4) is 0 Å². The Hall–Kier alpha value is -2.19. The Morgan fingerprint density at radius 1 is 1.26 bits per heavy atom. The van der Waals surface area contributed by atoms with Gasteiger partial charge < -0.3 is 24.4 Å². The third-order valence-electron chi connectivity index (χ3n) is 7.85. The van der Waals surface area contributed by atoms with E-state index in [0.717, 1.165) is 0 Å². The predicted molar refractivity (Wildman–Crippen MR) is 132 cm³/mol. The monoisotopic (exact) mass is 490 g/mol. The summed E-state index contributed by atoms with van der Waals surface area (Å²) in [4.78, 5) is 44.8. The van der Waals surface area contributed by atoms with Gasteiger partial charge in [0, 0.05) is 12.6 Å². The Kier molecular flexibility index (Phi) is 8.16. The summed E-state index contributed by atoms with van der Waals surface area (Å²) >= 11 is 0. The van der Waals surface area contributed by atoms with E-state index in [4.69, 9.17) is 9.47 Å². The molecule has 8 nitrogen and oxygen atoms in total. The van der Waals surface area contributed by atoms with Gasteiger partial charge in [0.25, 0.3) is 0 Å². The molecule has 1 N–H and O–H groups in total. The lowest BCUT2D eigenvalue weighted by Gasteiger charge is -2.40. The molecule has 3 heterocycles. The van der Waals surface area contributed by atoms with Crippen LogP contribution in [0.25, 0.3) is 0 Å². The van der Waals surface area contributed by atoms with Gasteiger partial charge in [-0.25, -0.2) is 0 Å². The van der Waals surface area contributed by atoms with E-state index in [2.05, 4.69) is 13.2 Å². The van der Waals surface area contributed by atoms with Crippen molar-refractivity contribution in [1.82, 2.24) is 9.80 Å². The van der Waals surface area contributed by atoms with Gasteiger partial charge in [-0.3, -0.25) is 14.4 Å². The maximum Gasteiger partial charge on any atom is 0.312 e. The maximum atomic E-state index is 14.2. The van der Waals surface area contributed by atoms with Gasteiger partial charge in [0.2, 0.25) is 11.8 Å². The van der Waals surface area contributed by atoms with E-state index in [0.29, 0.717) is 32.2 Å². The molecule has 0 saturated carbocycles. The van der Waals surface area contributed by atoms with Crippen LogP contribution >= 0.6 is 0 Å². The lowest BCUT2D eigenvalue weighted by atomic mass is 9.66. The van der Waals surface area contributed by atoms with E-state index in [-0.39, 0.29) is 37.0 Å². The Bertz CT molecular complexity index is 857. The Morgan fingerprint density at radius 3 is 2.49 bits per heavy atom. The first kappa shape index (κ1) is 27.4. The standard InChI is InChI=1S/C27H42N2O6/c1-8-10-14-34-25(33)21-20-23(31)29(19(16-30)15-17(3)4)22(24(32)28(13-9-2)18(5)6)27(20)12-11-26(21,7)35-27/h8-9,17-22,30H,1-2,10-16H2,3-7H3/t19-,20+,21+,22?,26-,27?/m1/s1. The number of amides is 2. The summed E-state index contributed by atoms with van der Waals surface area (Å²) in [6.07, 6.45) is 5.42. The third-order valence-corrected chi connectivity index (χ3v) is 7.85. The zero-order valence-corrected chi connectivity index (χ0v) is 21.9. The van der Waals surface area contributed by atoms with E-state index in [1.54, 1.807) is 22.0 Å². The smallest absolute Gasteiger partial charge is 0.312 e. The molecule has 35 heavy (non-hydrogen) atoms. The molecule has 3 aliphatic rings. The lowest BCUT2D eigenvalue weighted by Crippen LogP contribution is -2.60. The summed E-state index contributed by atoms with van der Waals surface area (Å²) in [6.45, 7) is 17.4. The molecule has 6 atom stereocenters. The summed E-state index contributed by atoms with van der Waals surface area (Å²) in [7, 11) is 0. The molecule has 3 fully saturated rings. The molecule has 1 spiro atoms. The number of carbonyl (C=O) groups is 3. The molecule has 2 bridgehead atoms. The second kappa shape index (κ2) is 10.4. The van der Waals surface area contributed by atoms with E-state index >= 15 is 0 Å². The number of likely N-dealkylation sites (tertiary alicyclic amines) is 1. The summed E-state index contributed by atoms with van der Waals surface area (Å²) in [5.41, 5.74) is -2.02. The second-order valence-corrected chi connectivity index (χ2v) is 11.1. The maximum absolute atomic E-state index is 14.2. The minimum Gasteiger partial charge on any atom is -0.465 e. The third kappa shape index (κ3) is 4.55. The number of hydrogen-bond donors (Lipinski definition) is 1. The molecule has 2 unspecified atom stereocenters. The van der Waals surface area contributed by atoms with Gasteiger partial charge in [-0.05, 0) is 52.4 Å². The Labute approximate surface area is 209 Å². The van der Waals surface area contributed by atoms with Gasteiger partial charge in [-0.1, -0.05) is 26.0 Å². The number of rotatable bonds is 12. The van der Waals surface area contributed by atoms with Gasteiger partial charge in [0.1, 0.15) is 17.6 Å². The Morgan fingerprint density at radius 2 is 1.94 bits per heavy atom. The first-order chi connectivity index (χ1) is 16.5. The van der Waals surface area contributed by atoms with E-state index in [9.17, 15) is 19.5 Å². The first-order valence-electron chi connectivity index (χ1n) is 12.8. The molecular weight excluding hydrogens is 448 g/mol. The molecular formula is C27H42N2O6. The van der Waals surface area contributed by atoms with Crippen molar-refractivity contribution < 1.29 is 29.0 Å². The summed E-state index contributed by atoms with van der Waals surface area (Å²) in [5, 5.41) is 10.3. The molecule has 3 aliphatic heterocycles. The number of esters is 1. The number of aliphatic hydroxyl groups excluding tert-OH is 1. The zero-order chi connectivity index (χ0) is 26.1. The SMILES string of the molecule is C=CCCOC(=O)[C@@H]1[C@H]2C(=O)N([C@@H](CO)CC(C)C)C(C(=O)N(CC=C)C(C)C)C23CC[C@@]1(C)O3. The minimum absolute atomic E-state index is 0.126. The van der Waals surface area contributed by atoms with E-state index in [1.165, 1.54) is 0 Å². The van der Waals surface area contributed by atoms with Crippen LogP contribution in [0.15, 0.2) is 25.3 Å². The van der Waals surface area contributed by atoms with Crippen LogP contribution in [-0.2, 0) is 23.9 Å². The molecule has 196 valence electrons. The number of nitrogens with zero attached hydrogens (tertiary/aromatic N) is 2. The van der Waals surface area contributed by atoms with Crippen LogP contribution in [0.2, 0.25) is 0 Å². The number of carbonyl (C=O) groups excluding carboxylic acids is 3. The highest BCUT2D eigenvalue weighted by Gasteiger charge is 2.79. The minimum atomic E-state index is -1.14. The van der Waals surface area contributed by atoms with Gasteiger partial charge in [0.05, 0.1) is 30.8 Å². The van der Waals surface area contributed by atoms with Gasteiger partial charge in [0.15, 0.2) is 0 Å². The number of ether oxygens (including phenoxy) is 2. The largest absolute Gasteiger partial charge is 0.465 e. The molecule has 3 saturated heterocycles. The molecule has 8 heteroatoms. The average molecular weight is 491 g/mol. The van der Waals surface area contributed by atoms with Crippen LogP contribution in [-0.4, -0.2) is 81.8 Å². The summed E-state index contributed by atoms with van der Waals surface area (Å²) in [6, 6.07) is -1.60. The van der Waals surface area contributed by atoms with Crippen molar-refractivity contribution in [2.75, 3.05) is 19.8 Å². The van der Waals surface area contributed by atoms with E-state index < -0.39 is 41.1 Å². The molecule has 0 radical (unpaired) electrons. The van der Waals surface area contributed by atoms with Crippen molar-refractivity contribution in [3.63, 3.8) is 0 Å². The van der Waals surface area contributed by atoms with Crippen molar-refractivity contribution in [3.05, 3.63) is 25.3 Å². The van der Waals surface area contributed by atoms with Crippen LogP contribution < -0.4 is 0 Å². The lowest BCUT2D eigenvalue weighted by molar-refractivity contribution is -0.162. The molecule has 0 aromatic rings. The molecule has 0 aromatic carbocycles. The summed E-state index contributed by atoms with van der Waals surface area (Å²) < 4.78 is 12.1. The highest BCUT2D eigenvalue weighted by Crippen LogP contribution is 2.63. The van der Waals surface area contributed by atoms with Crippen molar-refractivity contribution in [2.24, 2.45) is 17.8 Å². The van der Waals surface area contributed by atoms with Crippen molar-refractivity contribution in [1.29, 1.82) is 0 Å². The molecule has 0 aliphatic carbocycles. The fourth-order valence-electron chi connectivity index (χ4n) is 6.40. The fourth-order valence-corrected chi connectivity index (χ4v) is 6.40. The fraction of sp³-hybridized carbons (Fsp3) is 0.741. The number of aliphatic hydroxyl groups is 1. The van der Waals surface area contributed by atoms with Crippen LogP contribution in [0.3, 0.4) is 0 Å². The number of hydrogen-bond acceptors (Lipinski definition) is 6. The number of fused-ring (bicyclic) bond motifs is 1. The van der Waals surface area contributed by atoms with Crippen molar-refractivity contribution >= 4 is 17.8 Å². The van der Waals surface area contributed by atoms with Crippen LogP contribution in [0.1, 0.15) is 60.3 Å². The van der Waals surface area contributed by atoms with Gasteiger partial charge in [-0.15, -0.1) is 13.2 Å². The molecule has 2 amide bonds. The van der Waals surface area contributed by atoms with Crippen molar-refractivity contribution in [2.45, 2.75) is 89.6 Å². The van der Waals surface area contributed by atoms with Gasteiger partial charge in [-0.2, -0.15) is 0 Å². The second-order valence-electron chi connectivity index (χ2n) is 11.1. The highest BCUT2D eigenvalue weighted by atomic mass is 16.6. The van der Waals surface area contributed by atoms with Crippen LogP contribution in [0, 0.1) is 17.8 Å². The van der Waals surface area contributed by atoms with Gasteiger partial charge >= 0.3 is 5.97 Å². The molecule has 0 aromatic heterocycles.